The van der Waals surface area contributed by atoms with Gasteiger partial charge in [-0.2, -0.15) is 0 Å². The molecule has 25 heavy (non-hydrogen) atoms. The summed E-state index contributed by atoms with van der Waals surface area (Å²) >= 11 is 6.19. The molecule has 1 saturated carbocycles. The molecule has 138 valence electrons. The first-order chi connectivity index (χ1) is 12.2. The summed E-state index contributed by atoms with van der Waals surface area (Å²) in [5.41, 5.74) is 1.06. The first-order valence-electron chi connectivity index (χ1n) is 9.97. The monoisotopic (exact) mass is 362 g/mol. The summed E-state index contributed by atoms with van der Waals surface area (Å²) in [6, 6.07) is 8.17. The molecular formula is C21H31ClN2O. The van der Waals surface area contributed by atoms with Gasteiger partial charge < -0.3 is 10.2 Å². The van der Waals surface area contributed by atoms with Crippen molar-refractivity contribution in [1.82, 2.24) is 10.2 Å². The standard InChI is InChI=1S/C21H31ClN2O/c22-19-10-4-2-8-17(19)12-13-21(25)23-20-11-5-3-9-18(20)16-24-14-6-1-7-15-24/h2,4,8,10,18,20H,1,3,5-7,9,11-16H2,(H,23,25). The molecular weight excluding hydrogens is 332 g/mol. The highest BCUT2D eigenvalue weighted by Crippen LogP contribution is 2.26. The number of nitrogens with one attached hydrogen (secondary N) is 1. The van der Waals surface area contributed by atoms with Crippen molar-refractivity contribution < 1.29 is 4.79 Å². The van der Waals surface area contributed by atoms with E-state index in [0.29, 0.717) is 18.4 Å². The number of likely N-dealkylation sites (tertiary alicyclic amines) is 1. The van der Waals surface area contributed by atoms with Crippen LogP contribution in [0.2, 0.25) is 5.02 Å². The van der Waals surface area contributed by atoms with Gasteiger partial charge in [0.15, 0.2) is 0 Å². The molecule has 2 fully saturated rings. The van der Waals surface area contributed by atoms with Crippen LogP contribution in [0.1, 0.15) is 56.9 Å². The molecule has 0 radical (unpaired) electrons. The minimum atomic E-state index is 0.176. The number of benzene rings is 1. The fourth-order valence-corrected chi connectivity index (χ4v) is 4.55. The van der Waals surface area contributed by atoms with E-state index in [1.807, 2.05) is 24.3 Å². The molecule has 3 nitrogen and oxygen atoms in total. The van der Waals surface area contributed by atoms with Gasteiger partial charge in [0, 0.05) is 24.0 Å². The van der Waals surface area contributed by atoms with Crippen LogP contribution in [0.25, 0.3) is 0 Å². The van der Waals surface area contributed by atoms with Gasteiger partial charge in [-0.25, -0.2) is 0 Å². The lowest BCUT2D eigenvalue weighted by Gasteiger charge is -2.37. The molecule has 1 aromatic carbocycles. The maximum Gasteiger partial charge on any atom is 0.220 e. The maximum atomic E-state index is 12.5. The van der Waals surface area contributed by atoms with Crippen LogP contribution in [-0.2, 0) is 11.2 Å². The van der Waals surface area contributed by atoms with Crippen LogP contribution in [0.4, 0.5) is 0 Å². The van der Waals surface area contributed by atoms with Crippen molar-refractivity contribution in [2.24, 2.45) is 5.92 Å². The van der Waals surface area contributed by atoms with Crippen molar-refractivity contribution in [3.05, 3.63) is 34.9 Å². The molecule has 2 unspecified atom stereocenters. The maximum absolute atomic E-state index is 12.5. The molecule has 1 saturated heterocycles. The number of amides is 1. The molecule has 3 rings (SSSR count). The van der Waals surface area contributed by atoms with E-state index >= 15 is 0 Å². The lowest BCUT2D eigenvalue weighted by Crippen LogP contribution is -2.47. The molecule has 0 aromatic heterocycles. The first-order valence-corrected chi connectivity index (χ1v) is 10.4. The zero-order chi connectivity index (χ0) is 17.5. The van der Waals surface area contributed by atoms with Crippen LogP contribution < -0.4 is 5.32 Å². The Morgan fingerprint density at radius 2 is 1.84 bits per heavy atom. The molecule has 1 heterocycles. The minimum Gasteiger partial charge on any atom is -0.353 e. The summed E-state index contributed by atoms with van der Waals surface area (Å²) in [6.07, 6.45) is 10.2. The topological polar surface area (TPSA) is 32.3 Å². The number of aryl methyl sites for hydroxylation is 1. The molecule has 1 aromatic rings. The van der Waals surface area contributed by atoms with Crippen molar-refractivity contribution in [3.63, 3.8) is 0 Å². The van der Waals surface area contributed by atoms with Crippen LogP contribution >= 0.6 is 11.6 Å². The predicted molar refractivity (Wildman–Crippen MR) is 104 cm³/mol. The number of carbonyl (C=O) groups excluding carboxylic acids is 1. The Morgan fingerprint density at radius 1 is 1.08 bits per heavy atom. The summed E-state index contributed by atoms with van der Waals surface area (Å²) in [7, 11) is 0. The van der Waals surface area contributed by atoms with E-state index in [4.69, 9.17) is 11.6 Å². The van der Waals surface area contributed by atoms with Crippen molar-refractivity contribution in [2.45, 2.75) is 63.8 Å². The minimum absolute atomic E-state index is 0.176. The summed E-state index contributed by atoms with van der Waals surface area (Å²) in [5, 5.41) is 4.10. The molecule has 2 atom stereocenters. The number of hydrogen-bond donors (Lipinski definition) is 1. The second-order valence-electron chi connectivity index (χ2n) is 7.67. The Morgan fingerprint density at radius 3 is 2.64 bits per heavy atom. The molecule has 0 bridgehead atoms. The lowest BCUT2D eigenvalue weighted by molar-refractivity contribution is -0.122. The first kappa shape index (κ1) is 18.7. The lowest BCUT2D eigenvalue weighted by atomic mass is 9.83. The summed E-state index contributed by atoms with van der Waals surface area (Å²) in [4.78, 5) is 15.1. The SMILES string of the molecule is O=C(CCc1ccccc1Cl)NC1CCCCC1CN1CCCCC1. The van der Waals surface area contributed by atoms with Gasteiger partial charge in [0.1, 0.15) is 0 Å². The molecule has 1 N–H and O–H groups in total. The predicted octanol–water partition coefficient (Wildman–Crippen LogP) is 4.43. The highest BCUT2D eigenvalue weighted by Gasteiger charge is 2.28. The molecule has 2 aliphatic rings. The average Bonchev–Trinajstić information content (AvgIpc) is 2.64. The van der Waals surface area contributed by atoms with Gasteiger partial charge in [0.2, 0.25) is 5.91 Å². The number of halogens is 1. The fraction of sp³-hybridized carbons (Fsp3) is 0.667. The van der Waals surface area contributed by atoms with E-state index < -0.39 is 0 Å². The largest absolute Gasteiger partial charge is 0.353 e. The summed E-state index contributed by atoms with van der Waals surface area (Å²) in [6.45, 7) is 3.64. The van der Waals surface area contributed by atoms with Crippen LogP contribution in [0.15, 0.2) is 24.3 Å². The highest BCUT2D eigenvalue weighted by atomic mass is 35.5. The number of hydrogen-bond acceptors (Lipinski definition) is 2. The third-order valence-corrected chi connectivity index (χ3v) is 6.14. The Kier molecular flexibility index (Phi) is 7.18. The number of piperidine rings is 1. The zero-order valence-corrected chi connectivity index (χ0v) is 15.9. The number of nitrogens with zero attached hydrogens (tertiary/aromatic N) is 1. The number of carbonyl (C=O) groups is 1. The van der Waals surface area contributed by atoms with Crippen LogP contribution in [-0.4, -0.2) is 36.5 Å². The van der Waals surface area contributed by atoms with Crippen molar-refractivity contribution in [2.75, 3.05) is 19.6 Å². The normalized spacial score (nSPS) is 24.8. The van der Waals surface area contributed by atoms with Crippen molar-refractivity contribution in [3.8, 4) is 0 Å². The Labute approximate surface area is 157 Å². The number of rotatable bonds is 6. The van der Waals surface area contributed by atoms with E-state index in [2.05, 4.69) is 10.2 Å². The van der Waals surface area contributed by atoms with Crippen LogP contribution in [0, 0.1) is 5.92 Å². The summed E-state index contributed by atoms with van der Waals surface area (Å²) in [5.74, 6) is 0.798. The van der Waals surface area contributed by atoms with Gasteiger partial charge in [0.25, 0.3) is 0 Å². The van der Waals surface area contributed by atoms with Crippen molar-refractivity contribution >= 4 is 17.5 Å². The molecule has 1 aliphatic carbocycles. The van der Waals surface area contributed by atoms with Crippen LogP contribution in [0.3, 0.4) is 0 Å². The second kappa shape index (κ2) is 9.59. The van der Waals surface area contributed by atoms with Gasteiger partial charge in [-0.05, 0) is 62.7 Å². The highest BCUT2D eigenvalue weighted by molar-refractivity contribution is 6.31. The van der Waals surface area contributed by atoms with Crippen molar-refractivity contribution in [1.29, 1.82) is 0 Å². The van der Waals surface area contributed by atoms with E-state index in [-0.39, 0.29) is 5.91 Å². The van der Waals surface area contributed by atoms with Gasteiger partial charge in [0.05, 0.1) is 0 Å². The van der Waals surface area contributed by atoms with E-state index in [1.165, 1.54) is 51.6 Å². The van der Waals surface area contributed by atoms with E-state index in [0.717, 1.165) is 30.0 Å². The van der Waals surface area contributed by atoms with E-state index in [9.17, 15) is 4.79 Å². The molecule has 1 amide bonds. The zero-order valence-electron chi connectivity index (χ0n) is 15.2. The Hall–Kier alpha value is -1.06. The molecule has 1 aliphatic heterocycles. The van der Waals surface area contributed by atoms with E-state index in [1.54, 1.807) is 0 Å². The second-order valence-corrected chi connectivity index (χ2v) is 8.08. The molecule has 4 heteroatoms. The Balaban J connectivity index is 1.48. The third kappa shape index (κ3) is 5.72. The van der Waals surface area contributed by atoms with Crippen LogP contribution in [0.5, 0.6) is 0 Å². The fourth-order valence-electron chi connectivity index (χ4n) is 4.32. The molecule has 0 spiro atoms. The van der Waals surface area contributed by atoms with Gasteiger partial charge in [-0.3, -0.25) is 4.79 Å². The quantitative estimate of drug-likeness (QED) is 0.811. The van der Waals surface area contributed by atoms with Gasteiger partial charge in [-0.1, -0.05) is 49.1 Å². The smallest absolute Gasteiger partial charge is 0.220 e. The van der Waals surface area contributed by atoms with Gasteiger partial charge >= 0.3 is 0 Å². The Bertz CT molecular complexity index is 557. The third-order valence-electron chi connectivity index (χ3n) is 5.78. The average molecular weight is 363 g/mol. The summed E-state index contributed by atoms with van der Waals surface area (Å²) < 4.78 is 0. The van der Waals surface area contributed by atoms with Gasteiger partial charge in [-0.15, -0.1) is 0 Å².